The first-order valence-corrected chi connectivity index (χ1v) is 8.78. The van der Waals surface area contributed by atoms with Crippen LogP contribution in [-0.2, 0) is 4.74 Å². The van der Waals surface area contributed by atoms with Gasteiger partial charge in [0, 0.05) is 47.9 Å². The highest BCUT2D eigenvalue weighted by Crippen LogP contribution is 2.26. The number of fused-ring (bicyclic) bond motifs is 1. The summed E-state index contributed by atoms with van der Waals surface area (Å²) in [7, 11) is 0. The standard InChI is InChI=1S/C20H19N3OS/c25-20(23-18-8-4-7-15-11-21-10-9-16(15)18)24-19-13-22-12-17(19)14-5-2-1-3-6-14/h1-11,17,19,22H,12-13H2,(H,23,25)/t17-,19-/m0/s1. The van der Waals surface area contributed by atoms with Gasteiger partial charge in [-0.05, 0) is 29.9 Å². The smallest absolute Gasteiger partial charge is 0.261 e. The molecule has 2 atom stereocenters. The molecule has 0 unspecified atom stereocenters. The summed E-state index contributed by atoms with van der Waals surface area (Å²) >= 11 is 5.46. The zero-order valence-corrected chi connectivity index (χ0v) is 14.5. The van der Waals surface area contributed by atoms with Gasteiger partial charge < -0.3 is 15.4 Å². The van der Waals surface area contributed by atoms with Gasteiger partial charge in [0.1, 0.15) is 6.10 Å². The molecule has 2 N–H and O–H groups in total. The van der Waals surface area contributed by atoms with E-state index in [9.17, 15) is 0 Å². The first kappa shape index (κ1) is 16.0. The van der Waals surface area contributed by atoms with Gasteiger partial charge >= 0.3 is 0 Å². The van der Waals surface area contributed by atoms with Gasteiger partial charge in [0.15, 0.2) is 0 Å². The van der Waals surface area contributed by atoms with Crippen molar-refractivity contribution in [3.8, 4) is 0 Å². The first-order valence-electron chi connectivity index (χ1n) is 8.37. The number of rotatable bonds is 3. The van der Waals surface area contributed by atoms with Gasteiger partial charge in [-0.3, -0.25) is 4.98 Å². The predicted octanol–water partition coefficient (Wildman–Crippen LogP) is 3.70. The van der Waals surface area contributed by atoms with E-state index in [-0.39, 0.29) is 6.10 Å². The molecule has 2 heterocycles. The van der Waals surface area contributed by atoms with E-state index >= 15 is 0 Å². The average molecular weight is 349 g/mol. The number of nitrogens with zero attached hydrogens (tertiary/aromatic N) is 1. The molecule has 1 saturated heterocycles. The van der Waals surface area contributed by atoms with Gasteiger partial charge in [-0.1, -0.05) is 42.5 Å². The second-order valence-electron chi connectivity index (χ2n) is 6.15. The van der Waals surface area contributed by atoms with E-state index in [1.54, 1.807) is 6.20 Å². The number of hydrogen-bond donors (Lipinski definition) is 2. The molecule has 3 aromatic rings. The third-order valence-electron chi connectivity index (χ3n) is 4.56. The molecular weight excluding hydrogens is 330 g/mol. The summed E-state index contributed by atoms with van der Waals surface area (Å²) in [6, 6.07) is 18.4. The summed E-state index contributed by atoms with van der Waals surface area (Å²) < 4.78 is 6.07. The summed E-state index contributed by atoms with van der Waals surface area (Å²) in [5, 5.41) is 9.18. The van der Waals surface area contributed by atoms with Crippen molar-refractivity contribution in [3.05, 3.63) is 72.6 Å². The minimum Gasteiger partial charge on any atom is -0.465 e. The maximum Gasteiger partial charge on any atom is 0.261 e. The van der Waals surface area contributed by atoms with E-state index in [0.717, 1.165) is 29.5 Å². The predicted molar refractivity (Wildman–Crippen MR) is 105 cm³/mol. The number of hydrogen-bond acceptors (Lipinski definition) is 4. The Kier molecular flexibility index (Phi) is 4.59. The number of pyridine rings is 1. The molecule has 1 aliphatic heterocycles. The molecule has 0 saturated carbocycles. The third kappa shape index (κ3) is 3.48. The highest BCUT2D eigenvalue weighted by atomic mass is 32.1. The van der Waals surface area contributed by atoms with Crippen LogP contribution >= 0.6 is 12.2 Å². The highest BCUT2D eigenvalue weighted by molar-refractivity contribution is 7.80. The Morgan fingerprint density at radius 1 is 1.08 bits per heavy atom. The van der Waals surface area contributed by atoms with Gasteiger partial charge in [0.25, 0.3) is 5.17 Å². The molecule has 1 aromatic heterocycles. The maximum atomic E-state index is 6.07. The van der Waals surface area contributed by atoms with Crippen LogP contribution in [0.1, 0.15) is 11.5 Å². The summed E-state index contributed by atoms with van der Waals surface area (Å²) in [6.07, 6.45) is 3.65. The van der Waals surface area contributed by atoms with Crippen molar-refractivity contribution in [2.45, 2.75) is 12.0 Å². The number of anilines is 1. The first-order chi connectivity index (χ1) is 12.3. The van der Waals surface area contributed by atoms with Crippen LogP contribution in [0.2, 0.25) is 0 Å². The van der Waals surface area contributed by atoms with Crippen molar-refractivity contribution >= 4 is 33.9 Å². The molecule has 4 rings (SSSR count). The van der Waals surface area contributed by atoms with Crippen LogP contribution in [0.15, 0.2) is 67.0 Å². The Morgan fingerprint density at radius 2 is 1.96 bits per heavy atom. The van der Waals surface area contributed by atoms with Crippen LogP contribution in [-0.4, -0.2) is 29.4 Å². The molecule has 0 spiro atoms. The molecule has 0 bridgehead atoms. The molecule has 25 heavy (non-hydrogen) atoms. The van der Waals surface area contributed by atoms with Crippen molar-refractivity contribution in [2.75, 3.05) is 18.4 Å². The largest absolute Gasteiger partial charge is 0.465 e. The number of aromatic nitrogens is 1. The summed E-state index contributed by atoms with van der Waals surface area (Å²) in [5.41, 5.74) is 2.21. The quantitative estimate of drug-likeness (QED) is 0.706. The van der Waals surface area contributed by atoms with E-state index in [4.69, 9.17) is 17.0 Å². The van der Waals surface area contributed by atoms with E-state index in [1.165, 1.54) is 5.56 Å². The van der Waals surface area contributed by atoms with Crippen LogP contribution in [0.4, 0.5) is 5.69 Å². The van der Waals surface area contributed by atoms with E-state index in [0.29, 0.717) is 11.1 Å². The maximum absolute atomic E-state index is 6.07. The van der Waals surface area contributed by atoms with Crippen molar-refractivity contribution in [3.63, 3.8) is 0 Å². The lowest BCUT2D eigenvalue weighted by Crippen LogP contribution is -2.27. The van der Waals surface area contributed by atoms with Gasteiger partial charge in [0.2, 0.25) is 0 Å². The van der Waals surface area contributed by atoms with Crippen LogP contribution in [0, 0.1) is 0 Å². The second kappa shape index (κ2) is 7.17. The summed E-state index contributed by atoms with van der Waals surface area (Å²) in [6.45, 7) is 1.69. The van der Waals surface area contributed by atoms with Crippen LogP contribution < -0.4 is 10.6 Å². The lowest BCUT2D eigenvalue weighted by molar-refractivity contribution is 0.196. The summed E-state index contributed by atoms with van der Waals surface area (Å²) in [4.78, 5) is 4.16. The fourth-order valence-corrected chi connectivity index (χ4v) is 3.55. The normalized spacial score (nSPS) is 19.7. The molecule has 126 valence electrons. The Morgan fingerprint density at radius 3 is 2.84 bits per heavy atom. The van der Waals surface area contributed by atoms with Crippen LogP contribution in [0.3, 0.4) is 0 Å². The lowest BCUT2D eigenvalue weighted by atomic mass is 9.96. The molecule has 1 aliphatic rings. The van der Waals surface area contributed by atoms with Gasteiger partial charge in [-0.2, -0.15) is 0 Å². The summed E-state index contributed by atoms with van der Waals surface area (Å²) in [5.74, 6) is 0.303. The topological polar surface area (TPSA) is 46.2 Å². The van der Waals surface area contributed by atoms with Gasteiger partial charge in [-0.15, -0.1) is 0 Å². The highest BCUT2D eigenvalue weighted by Gasteiger charge is 2.30. The van der Waals surface area contributed by atoms with Crippen molar-refractivity contribution in [1.82, 2.24) is 10.3 Å². The third-order valence-corrected chi connectivity index (χ3v) is 4.76. The zero-order chi connectivity index (χ0) is 17.1. The number of thiocarbonyl (C=S) groups is 1. The SMILES string of the molecule is S=C(Nc1cccc2cnccc12)O[C@H]1CNC[C@H]1c1ccccc1. The molecule has 5 heteroatoms. The van der Waals surface area contributed by atoms with Crippen molar-refractivity contribution < 1.29 is 4.74 Å². The molecule has 1 fully saturated rings. The van der Waals surface area contributed by atoms with E-state index < -0.39 is 0 Å². The Hall–Kier alpha value is -2.50. The lowest BCUT2D eigenvalue weighted by Gasteiger charge is -2.21. The Bertz CT molecular complexity index is 879. The fourth-order valence-electron chi connectivity index (χ4n) is 3.32. The van der Waals surface area contributed by atoms with Gasteiger partial charge in [0.05, 0.1) is 0 Å². The van der Waals surface area contributed by atoms with Crippen molar-refractivity contribution in [1.29, 1.82) is 0 Å². The van der Waals surface area contributed by atoms with Crippen LogP contribution in [0.25, 0.3) is 10.8 Å². The number of nitrogens with one attached hydrogen (secondary N) is 2. The molecule has 4 nitrogen and oxygen atoms in total. The van der Waals surface area contributed by atoms with E-state index in [1.807, 2.05) is 36.5 Å². The molecule has 0 radical (unpaired) electrons. The molecule has 0 amide bonds. The van der Waals surface area contributed by atoms with Crippen LogP contribution in [0.5, 0.6) is 0 Å². The molecule has 2 aromatic carbocycles. The number of ether oxygens (including phenoxy) is 1. The monoisotopic (exact) mass is 349 g/mol. The van der Waals surface area contributed by atoms with Gasteiger partial charge in [-0.25, -0.2) is 0 Å². The Balaban J connectivity index is 1.48. The minimum atomic E-state index is 0.0269. The zero-order valence-electron chi connectivity index (χ0n) is 13.7. The van der Waals surface area contributed by atoms with E-state index in [2.05, 4.69) is 39.9 Å². The second-order valence-corrected chi connectivity index (χ2v) is 6.52. The average Bonchev–Trinajstić information content (AvgIpc) is 3.11. The minimum absolute atomic E-state index is 0.0269. The molecular formula is C20H19N3OS. The fraction of sp³-hybridized carbons (Fsp3) is 0.200. The Labute approximate surface area is 152 Å². The molecule has 0 aliphatic carbocycles. The van der Waals surface area contributed by atoms with Crippen molar-refractivity contribution in [2.24, 2.45) is 0 Å². The number of benzene rings is 2.